The lowest BCUT2D eigenvalue weighted by molar-refractivity contribution is 0.672. The highest BCUT2D eigenvalue weighted by atomic mass is 16.3. The number of rotatable bonds is 6. The summed E-state index contributed by atoms with van der Waals surface area (Å²) in [5.41, 5.74) is -1.47. The molecule has 0 unspecified atom stereocenters. The maximum absolute atomic E-state index is 9.62. The maximum Gasteiger partial charge on any atom is 0.143 e. The summed E-state index contributed by atoms with van der Waals surface area (Å²) >= 11 is 0. The third-order valence-corrected chi connectivity index (χ3v) is 8.97. The zero-order valence-electron chi connectivity index (χ0n) is 45.0. The Labute approximate surface area is 327 Å². The van der Waals surface area contributed by atoms with Crippen LogP contribution in [0.1, 0.15) is 24.7 Å². The SMILES string of the molecule is [2H]c1c([2H])c([2H])c(-c2c([2H])c([2H])c(N(c3c([2H])c([2H])c(-c4c([2H])c([2H])c([2H])c([2H])c4[2H])c([2H])c3[2H])c3cccc4oc5c6ccccc6c(-c6cccc7ccccc67)cc5c34)c([2H])c2[2H])c([2H])c1[2H]. The van der Waals surface area contributed by atoms with Crippen molar-refractivity contribution in [3.8, 4) is 33.4 Å². The summed E-state index contributed by atoms with van der Waals surface area (Å²) in [6.45, 7) is 0. The number of hydrogen-bond donors (Lipinski definition) is 0. The van der Waals surface area contributed by atoms with Crippen molar-refractivity contribution in [1.82, 2.24) is 0 Å². The third kappa shape index (κ3) is 5.04. The average Bonchev–Trinajstić information content (AvgIpc) is 3.75. The number of hydrogen-bond acceptors (Lipinski definition) is 2. The van der Waals surface area contributed by atoms with E-state index < -0.39 is 142 Å². The molecule has 2 nitrogen and oxygen atoms in total. The first-order valence-electron chi connectivity index (χ1n) is 25.3. The van der Waals surface area contributed by atoms with Crippen molar-refractivity contribution >= 4 is 60.5 Å². The Kier molecular flexibility index (Phi) is 4.04. The molecule has 1 aromatic heterocycles. The fraction of sp³-hybridized carbons (Fsp3) is 0. The molecule has 0 saturated heterocycles. The van der Waals surface area contributed by atoms with Crippen LogP contribution in [0, 0.1) is 0 Å². The van der Waals surface area contributed by atoms with Crippen LogP contribution in [0.3, 0.4) is 0 Å². The summed E-state index contributed by atoms with van der Waals surface area (Å²) in [5.74, 6) is 0. The Morgan fingerprint density at radius 3 is 1.62 bits per heavy atom. The second kappa shape index (κ2) is 12.5. The molecular weight excluding hydrogens is 631 g/mol. The van der Waals surface area contributed by atoms with Gasteiger partial charge < -0.3 is 9.32 Å². The maximum atomic E-state index is 9.62. The van der Waals surface area contributed by atoms with Crippen LogP contribution in [-0.2, 0) is 0 Å². The minimum atomic E-state index is -0.862. The van der Waals surface area contributed by atoms with Gasteiger partial charge in [0.2, 0.25) is 0 Å². The first-order chi connectivity index (χ1) is 33.3. The zero-order valence-corrected chi connectivity index (χ0v) is 27.0. The van der Waals surface area contributed by atoms with E-state index in [9.17, 15) is 11.0 Å². The smallest absolute Gasteiger partial charge is 0.143 e. The average molecular weight is 682 g/mol. The molecule has 10 aromatic rings. The standard InChI is InChI=1S/C50H33NO/c1-3-13-34(14-4-1)36-25-29-39(30-26-36)51(40-31-27-37(28-32-40)35-15-5-2-6-16-35)47-23-12-24-48-49(47)46-33-45(43-20-9-10-21-44(43)50(46)52-48)42-22-11-18-38-17-7-8-19-41(38)42/h1-33H/i1D,2D,3D,4D,5D,6D,13D,14D,15D,16D,25D,26D,27D,28D,29D,30D,31D,32D. The second-order valence-electron chi connectivity index (χ2n) is 11.9. The van der Waals surface area contributed by atoms with Gasteiger partial charge in [0.25, 0.3) is 0 Å². The monoisotopic (exact) mass is 681 g/mol. The van der Waals surface area contributed by atoms with Crippen LogP contribution in [-0.4, -0.2) is 0 Å². The topological polar surface area (TPSA) is 16.4 Å². The van der Waals surface area contributed by atoms with Crippen molar-refractivity contribution in [3.05, 3.63) is 200 Å². The number of anilines is 3. The van der Waals surface area contributed by atoms with Crippen molar-refractivity contribution in [2.24, 2.45) is 0 Å². The molecule has 0 aliphatic carbocycles. The van der Waals surface area contributed by atoms with Gasteiger partial charge in [-0.1, -0.05) is 157 Å². The lowest BCUT2D eigenvalue weighted by atomic mass is 9.92. The molecule has 0 fully saturated rings. The minimum absolute atomic E-state index is 0.0110. The van der Waals surface area contributed by atoms with Crippen molar-refractivity contribution in [3.63, 3.8) is 0 Å². The summed E-state index contributed by atoms with van der Waals surface area (Å²) in [6, 6.07) is 13.3. The van der Waals surface area contributed by atoms with Crippen molar-refractivity contribution in [1.29, 1.82) is 0 Å². The molecule has 0 N–H and O–H groups in total. The fourth-order valence-electron chi connectivity index (χ4n) is 6.69. The highest BCUT2D eigenvalue weighted by molar-refractivity contribution is 6.23. The molecule has 0 atom stereocenters. The molecule has 0 saturated carbocycles. The summed E-state index contributed by atoms with van der Waals surface area (Å²) in [5, 5.41) is 4.18. The van der Waals surface area contributed by atoms with Gasteiger partial charge in [0.05, 0.1) is 35.7 Å². The summed E-state index contributed by atoms with van der Waals surface area (Å²) < 4.78 is 167. The summed E-state index contributed by atoms with van der Waals surface area (Å²) in [7, 11) is 0. The van der Waals surface area contributed by atoms with Crippen LogP contribution in [0.4, 0.5) is 17.1 Å². The highest BCUT2D eigenvalue weighted by Gasteiger charge is 2.22. The number of furan rings is 1. The normalized spacial score (nSPS) is 16.3. The van der Waals surface area contributed by atoms with E-state index in [2.05, 4.69) is 0 Å². The Morgan fingerprint density at radius 1 is 0.423 bits per heavy atom. The molecule has 10 rings (SSSR count). The van der Waals surface area contributed by atoms with Crippen molar-refractivity contribution in [2.45, 2.75) is 0 Å². The number of fused-ring (bicyclic) bond motifs is 6. The van der Waals surface area contributed by atoms with E-state index in [0.29, 0.717) is 16.4 Å². The Hall–Kier alpha value is -6.90. The van der Waals surface area contributed by atoms with E-state index in [4.69, 9.17) is 18.1 Å². The summed E-state index contributed by atoms with van der Waals surface area (Å²) in [6.07, 6.45) is 0. The molecule has 0 spiro atoms. The Bertz CT molecular complexity index is 3700. The largest absolute Gasteiger partial charge is 0.455 e. The van der Waals surface area contributed by atoms with Gasteiger partial charge in [-0.15, -0.1) is 0 Å². The molecule has 9 aromatic carbocycles. The quantitative estimate of drug-likeness (QED) is 0.174. The van der Waals surface area contributed by atoms with Gasteiger partial charge in [-0.25, -0.2) is 0 Å². The van der Waals surface area contributed by atoms with E-state index in [-0.39, 0.29) is 16.7 Å². The van der Waals surface area contributed by atoms with Gasteiger partial charge in [0.1, 0.15) is 11.2 Å². The van der Waals surface area contributed by atoms with Crippen LogP contribution in [0.15, 0.2) is 204 Å². The summed E-state index contributed by atoms with van der Waals surface area (Å²) in [4.78, 5) is 1.03. The third-order valence-electron chi connectivity index (χ3n) is 8.97. The van der Waals surface area contributed by atoms with Gasteiger partial charge in [-0.3, -0.25) is 0 Å². The molecule has 52 heavy (non-hydrogen) atoms. The lowest BCUT2D eigenvalue weighted by Crippen LogP contribution is -2.10. The molecule has 2 heteroatoms. The van der Waals surface area contributed by atoms with Crippen LogP contribution in [0.2, 0.25) is 0 Å². The molecule has 244 valence electrons. The number of benzene rings is 9. The number of nitrogens with zero attached hydrogens (tertiary/aromatic N) is 1. The van der Waals surface area contributed by atoms with E-state index >= 15 is 0 Å². The molecule has 0 radical (unpaired) electrons. The molecule has 0 bridgehead atoms. The van der Waals surface area contributed by atoms with Gasteiger partial charge in [-0.05, 0) is 91.9 Å². The van der Waals surface area contributed by atoms with Gasteiger partial charge in [0.15, 0.2) is 0 Å². The molecule has 0 amide bonds. The van der Waals surface area contributed by atoms with E-state index in [0.717, 1.165) is 32.2 Å². The molecule has 0 aliphatic heterocycles. The van der Waals surface area contributed by atoms with Gasteiger partial charge >= 0.3 is 0 Å². The first kappa shape index (κ1) is 16.9. The highest BCUT2D eigenvalue weighted by Crippen LogP contribution is 2.47. The van der Waals surface area contributed by atoms with E-state index in [1.54, 1.807) is 12.1 Å². The van der Waals surface area contributed by atoms with Crippen LogP contribution >= 0.6 is 0 Å². The van der Waals surface area contributed by atoms with Gasteiger partial charge in [0, 0.05) is 22.1 Å². The van der Waals surface area contributed by atoms with E-state index in [1.165, 1.54) is 6.07 Å². The van der Waals surface area contributed by atoms with Crippen molar-refractivity contribution in [2.75, 3.05) is 4.90 Å². The lowest BCUT2D eigenvalue weighted by Gasteiger charge is -2.26. The van der Waals surface area contributed by atoms with Crippen LogP contribution in [0.5, 0.6) is 0 Å². The fourth-order valence-corrected chi connectivity index (χ4v) is 6.69. The Morgan fingerprint density at radius 2 is 0.962 bits per heavy atom. The minimum Gasteiger partial charge on any atom is -0.455 e. The molecule has 0 aliphatic rings. The Balaban J connectivity index is 1.36. The second-order valence-corrected chi connectivity index (χ2v) is 11.9. The van der Waals surface area contributed by atoms with Crippen molar-refractivity contribution < 1.29 is 29.1 Å². The molecular formula is C50H33NO. The molecule has 1 heterocycles. The van der Waals surface area contributed by atoms with Crippen LogP contribution in [0.25, 0.3) is 76.9 Å². The van der Waals surface area contributed by atoms with E-state index in [1.807, 2.05) is 72.8 Å². The zero-order chi connectivity index (χ0) is 50.1. The predicted octanol–water partition coefficient (Wildman–Crippen LogP) is 14.4. The van der Waals surface area contributed by atoms with Crippen LogP contribution < -0.4 is 4.90 Å². The predicted molar refractivity (Wildman–Crippen MR) is 220 cm³/mol. The van der Waals surface area contributed by atoms with Gasteiger partial charge in [-0.2, -0.15) is 0 Å². The first-order valence-corrected chi connectivity index (χ1v) is 16.3.